The summed E-state index contributed by atoms with van der Waals surface area (Å²) in [6.07, 6.45) is 1.05. The zero-order valence-electron chi connectivity index (χ0n) is 16.3. The van der Waals surface area contributed by atoms with E-state index in [4.69, 9.17) is 18.9 Å². The summed E-state index contributed by atoms with van der Waals surface area (Å²) in [7, 11) is 0. The predicted molar refractivity (Wildman–Crippen MR) is 94.0 cm³/mol. The summed E-state index contributed by atoms with van der Waals surface area (Å²) in [6.45, 7) is 15.8. The van der Waals surface area contributed by atoms with Crippen molar-refractivity contribution < 1.29 is 28.5 Å². The zero-order valence-corrected chi connectivity index (χ0v) is 16.3. The number of carbonyl (C=O) groups is 2. The molecule has 1 rings (SSSR count). The maximum absolute atomic E-state index is 12.1. The van der Waals surface area contributed by atoms with Crippen LogP contribution in [0.4, 0.5) is 0 Å². The van der Waals surface area contributed by atoms with E-state index in [0.717, 1.165) is 0 Å². The molecular formula is C19H32O6. The van der Waals surface area contributed by atoms with Crippen LogP contribution in [0.2, 0.25) is 0 Å². The molecule has 0 aromatic carbocycles. The van der Waals surface area contributed by atoms with Gasteiger partial charge in [-0.1, -0.05) is 6.58 Å². The van der Waals surface area contributed by atoms with Gasteiger partial charge in [0.1, 0.15) is 18.3 Å². The Morgan fingerprint density at radius 1 is 1.12 bits per heavy atom. The number of hydrogen-bond donors (Lipinski definition) is 0. The first-order chi connectivity index (χ1) is 11.5. The van der Waals surface area contributed by atoms with Crippen LogP contribution in [-0.4, -0.2) is 50.1 Å². The number of carbonyl (C=O) groups excluding carboxylic acids is 2. The minimum atomic E-state index is -0.600. The van der Waals surface area contributed by atoms with E-state index in [9.17, 15) is 9.59 Å². The molecule has 1 fully saturated rings. The molecule has 144 valence electrons. The molecule has 6 heteroatoms. The van der Waals surface area contributed by atoms with E-state index in [-0.39, 0.29) is 24.6 Å². The van der Waals surface area contributed by atoms with Gasteiger partial charge in [-0.15, -0.1) is 0 Å². The average Bonchev–Trinajstić information content (AvgIpc) is 3.31. The zero-order chi connectivity index (χ0) is 19.3. The van der Waals surface area contributed by atoms with E-state index in [2.05, 4.69) is 6.58 Å². The summed E-state index contributed by atoms with van der Waals surface area (Å²) < 4.78 is 21.9. The Morgan fingerprint density at radius 3 is 2.12 bits per heavy atom. The fraction of sp³-hybridized carbons (Fsp3) is 0.789. The molecule has 1 aliphatic heterocycles. The summed E-state index contributed by atoms with van der Waals surface area (Å²) in [5, 5.41) is 0. The lowest BCUT2D eigenvalue weighted by molar-refractivity contribution is -0.164. The van der Waals surface area contributed by atoms with Gasteiger partial charge in [-0.3, -0.25) is 9.59 Å². The van der Waals surface area contributed by atoms with Gasteiger partial charge >= 0.3 is 11.9 Å². The lowest BCUT2D eigenvalue weighted by Gasteiger charge is -2.27. The molecule has 0 spiro atoms. The minimum Gasteiger partial charge on any atom is -0.465 e. The maximum atomic E-state index is 12.1. The summed E-state index contributed by atoms with van der Waals surface area (Å²) in [6, 6.07) is 0. The smallest absolute Gasteiger partial charge is 0.311 e. The predicted octanol–water partition coefficient (Wildman–Crippen LogP) is 2.89. The number of ether oxygens (including phenoxy) is 4. The van der Waals surface area contributed by atoms with Crippen molar-refractivity contribution in [2.75, 3.05) is 19.8 Å². The highest BCUT2D eigenvalue weighted by Crippen LogP contribution is 2.25. The third-order valence-electron chi connectivity index (χ3n) is 3.58. The molecule has 1 aliphatic rings. The molecule has 0 radical (unpaired) electrons. The number of epoxide rings is 1. The molecule has 0 aliphatic carbocycles. The normalized spacial score (nSPS) is 19.7. The van der Waals surface area contributed by atoms with Crippen molar-refractivity contribution in [3.8, 4) is 0 Å². The van der Waals surface area contributed by atoms with Crippen LogP contribution in [0.15, 0.2) is 12.7 Å². The molecule has 0 amide bonds. The summed E-state index contributed by atoms with van der Waals surface area (Å²) in [5.41, 5.74) is -1.11. The van der Waals surface area contributed by atoms with Crippen LogP contribution in [0.1, 0.15) is 48.0 Å². The Labute approximate surface area is 150 Å². The topological polar surface area (TPSA) is 74.4 Å². The minimum absolute atomic E-state index is 0.104. The van der Waals surface area contributed by atoms with Crippen LogP contribution < -0.4 is 0 Å². The SMILES string of the molecule is C=CC(OC(=O)C(C)(C)C)[C@H](OCCCOC(=O)C(C)(C)C)[C@H]1CO1. The molecule has 3 atom stereocenters. The Kier molecular flexibility index (Phi) is 7.62. The van der Waals surface area contributed by atoms with Crippen molar-refractivity contribution in [2.24, 2.45) is 10.8 Å². The van der Waals surface area contributed by atoms with E-state index < -0.39 is 23.0 Å². The fourth-order valence-corrected chi connectivity index (χ4v) is 1.87. The molecule has 0 N–H and O–H groups in total. The number of esters is 2. The largest absolute Gasteiger partial charge is 0.465 e. The first-order valence-electron chi connectivity index (χ1n) is 8.71. The quantitative estimate of drug-likeness (QED) is 0.274. The second-order valence-electron chi connectivity index (χ2n) is 8.30. The van der Waals surface area contributed by atoms with Gasteiger partial charge in [0.05, 0.1) is 30.7 Å². The van der Waals surface area contributed by atoms with Gasteiger partial charge in [-0.05, 0) is 47.6 Å². The van der Waals surface area contributed by atoms with Gasteiger partial charge < -0.3 is 18.9 Å². The fourth-order valence-electron chi connectivity index (χ4n) is 1.87. The Hall–Kier alpha value is -1.40. The number of hydrogen-bond acceptors (Lipinski definition) is 6. The van der Waals surface area contributed by atoms with Crippen molar-refractivity contribution in [2.45, 2.75) is 66.3 Å². The van der Waals surface area contributed by atoms with E-state index in [1.165, 1.54) is 0 Å². The Morgan fingerprint density at radius 2 is 1.68 bits per heavy atom. The van der Waals surface area contributed by atoms with Gasteiger partial charge in [0.2, 0.25) is 0 Å². The van der Waals surface area contributed by atoms with Crippen molar-refractivity contribution in [1.29, 1.82) is 0 Å². The average molecular weight is 356 g/mol. The first-order valence-corrected chi connectivity index (χ1v) is 8.71. The highest BCUT2D eigenvalue weighted by molar-refractivity contribution is 5.76. The van der Waals surface area contributed by atoms with Gasteiger partial charge in [-0.25, -0.2) is 0 Å². The highest BCUT2D eigenvalue weighted by atomic mass is 16.6. The maximum Gasteiger partial charge on any atom is 0.311 e. The van der Waals surface area contributed by atoms with E-state index in [1.54, 1.807) is 26.8 Å². The van der Waals surface area contributed by atoms with Crippen LogP contribution >= 0.6 is 0 Å². The monoisotopic (exact) mass is 356 g/mol. The van der Waals surface area contributed by atoms with Crippen LogP contribution in [0.5, 0.6) is 0 Å². The molecule has 1 unspecified atom stereocenters. The second kappa shape index (κ2) is 8.81. The van der Waals surface area contributed by atoms with Gasteiger partial charge in [0, 0.05) is 6.42 Å². The third kappa shape index (κ3) is 7.57. The highest BCUT2D eigenvalue weighted by Gasteiger charge is 2.41. The van der Waals surface area contributed by atoms with Crippen LogP contribution in [0.25, 0.3) is 0 Å². The van der Waals surface area contributed by atoms with Crippen LogP contribution in [0, 0.1) is 10.8 Å². The third-order valence-corrected chi connectivity index (χ3v) is 3.58. The molecule has 0 saturated carbocycles. The molecular weight excluding hydrogens is 324 g/mol. The Balaban J connectivity index is 2.44. The summed E-state index contributed by atoms with van der Waals surface area (Å²) >= 11 is 0. The lowest BCUT2D eigenvalue weighted by Crippen LogP contribution is -2.39. The molecule has 0 bridgehead atoms. The van der Waals surface area contributed by atoms with E-state index in [0.29, 0.717) is 19.6 Å². The number of rotatable bonds is 9. The van der Waals surface area contributed by atoms with E-state index >= 15 is 0 Å². The van der Waals surface area contributed by atoms with Crippen molar-refractivity contribution >= 4 is 11.9 Å². The second-order valence-corrected chi connectivity index (χ2v) is 8.30. The summed E-state index contributed by atoms with van der Waals surface area (Å²) in [4.78, 5) is 23.8. The van der Waals surface area contributed by atoms with Gasteiger partial charge in [-0.2, -0.15) is 0 Å². The van der Waals surface area contributed by atoms with Gasteiger partial charge in [0.25, 0.3) is 0 Å². The van der Waals surface area contributed by atoms with Crippen molar-refractivity contribution in [3.63, 3.8) is 0 Å². The molecule has 0 aromatic heterocycles. The summed E-state index contributed by atoms with van der Waals surface area (Å²) in [5.74, 6) is -0.552. The van der Waals surface area contributed by atoms with Gasteiger partial charge in [0.15, 0.2) is 0 Å². The van der Waals surface area contributed by atoms with Crippen LogP contribution in [0.3, 0.4) is 0 Å². The molecule has 0 aromatic rings. The van der Waals surface area contributed by atoms with Crippen molar-refractivity contribution in [3.05, 3.63) is 12.7 Å². The Bertz CT molecular complexity index is 467. The first kappa shape index (κ1) is 21.6. The standard InChI is InChI=1S/C19H32O6/c1-8-13(25-17(21)19(5,6)7)15(14-12-24-14)22-10-9-11-23-16(20)18(2,3)4/h8,13-15H,1,9-12H2,2-7H3/t13?,14-,15+/m1/s1. The van der Waals surface area contributed by atoms with E-state index in [1.807, 2.05) is 20.8 Å². The molecule has 6 nitrogen and oxygen atoms in total. The van der Waals surface area contributed by atoms with Crippen LogP contribution in [-0.2, 0) is 28.5 Å². The van der Waals surface area contributed by atoms with Crippen molar-refractivity contribution in [1.82, 2.24) is 0 Å². The molecule has 1 heterocycles. The molecule has 1 saturated heterocycles. The molecule has 25 heavy (non-hydrogen) atoms. The lowest BCUT2D eigenvalue weighted by atomic mass is 9.97.